The first kappa shape index (κ1) is 24.7. The molecule has 3 rings (SSSR count). The van der Waals surface area contributed by atoms with Gasteiger partial charge in [-0.25, -0.2) is 9.38 Å². The topological polar surface area (TPSA) is 83.2 Å². The number of hydrogen-bond donors (Lipinski definition) is 2. The SMILES string of the molecule is CCNC(=O)COc1cccc(CN=C(N)N2CCN(c3ccc(F)cc3)CC2)c1.I. The molecule has 2 aromatic carbocycles. The van der Waals surface area contributed by atoms with Crippen LogP contribution in [0.5, 0.6) is 5.75 Å². The number of ether oxygens (including phenoxy) is 1. The van der Waals surface area contributed by atoms with Crippen molar-refractivity contribution in [1.29, 1.82) is 0 Å². The average molecular weight is 541 g/mol. The fraction of sp³-hybridized carbons (Fsp3) is 0.364. The largest absolute Gasteiger partial charge is 0.484 e. The summed E-state index contributed by atoms with van der Waals surface area (Å²) in [5.74, 6) is 0.750. The first-order valence-electron chi connectivity index (χ1n) is 10.1. The molecule has 1 aliphatic heterocycles. The van der Waals surface area contributed by atoms with Gasteiger partial charge in [-0.3, -0.25) is 4.79 Å². The summed E-state index contributed by atoms with van der Waals surface area (Å²) in [7, 11) is 0. The number of nitrogens with one attached hydrogen (secondary N) is 1. The third-order valence-corrected chi connectivity index (χ3v) is 4.86. The number of carbonyl (C=O) groups is 1. The van der Waals surface area contributed by atoms with Crippen LogP contribution in [-0.4, -0.2) is 56.1 Å². The van der Waals surface area contributed by atoms with Crippen LogP contribution in [0.15, 0.2) is 53.5 Å². The smallest absolute Gasteiger partial charge is 0.257 e. The van der Waals surface area contributed by atoms with Crippen molar-refractivity contribution in [3.05, 3.63) is 59.9 Å². The number of guanidine groups is 1. The molecule has 1 aliphatic rings. The second-order valence-electron chi connectivity index (χ2n) is 7.01. The molecule has 1 saturated heterocycles. The number of hydrogen-bond acceptors (Lipinski definition) is 4. The standard InChI is InChI=1S/C22H28FN5O2.HI/c1-2-25-21(29)16-30-20-5-3-4-17(14-20)15-26-22(24)28-12-10-27(11-13-28)19-8-6-18(23)7-9-19;/h3-9,14H,2,10-13,15-16H2,1H3,(H2,24,26)(H,25,29);1H. The lowest BCUT2D eigenvalue weighted by molar-refractivity contribution is -0.122. The summed E-state index contributed by atoms with van der Waals surface area (Å²) in [6, 6.07) is 14.0. The van der Waals surface area contributed by atoms with Gasteiger partial charge in [-0.05, 0) is 48.9 Å². The highest BCUT2D eigenvalue weighted by Gasteiger charge is 2.18. The molecule has 0 spiro atoms. The highest BCUT2D eigenvalue weighted by atomic mass is 127. The quantitative estimate of drug-likeness (QED) is 0.320. The number of halogens is 2. The zero-order valence-electron chi connectivity index (χ0n) is 17.6. The predicted molar refractivity (Wildman–Crippen MR) is 132 cm³/mol. The van der Waals surface area contributed by atoms with Gasteiger partial charge in [0.2, 0.25) is 0 Å². The van der Waals surface area contributed by atoms with Crippen LogP contribution in [0.3, 0.4) is 0 Å². The molecular formula is C22H29FIN5O2. The Bertz CT molecular complexity index is 870. The van der Waals surface area contributed by atoms with Crippen LogP contribution in [-0.2, 0) is 11.3 Å². The Hall–Kier alpha value is -2.56. The second-order valence-corrected chi connectivity index (χ2v) is 7.01. The molecule has 1 amide bonds. The third kappa shape index (κ3) is 7.57. The molecule has 31 heavy (non-hydrogen) atoms. The van der Waals surface area contributed by atoms with E-state index in [4.69, 9.17) is 10.5 Å². The molecule has 7 nitrogen and oxygen atoms in total. The van der Waals surface area contributed by atoms with Crippen LogP contribution in [0.1, 0.15) is 12.5 Å². The Morgan fingerprint density at radius 2 is 1.87 bits per heavy atom. The predicted octanol–water partition coefficient (Wildman–Crippen LogP) is 2.60. The maximum absolute atomic E-state index is 13.1. The molecule has 168 valence electrons. The number of likely N-dealkylation sites (N-methyl/N-ethyl adjacent to an activating group) is 1. The number of rotatable bonds is 7. The molecule has 0 atom stereocenters. The Labute approximate surface area is 199 Å². The molecule has 0 bridgehead atoms. The van der Waals surface area contributed by atoms with Gasteiger partial charge >= 0.3 is 0 Å². The first-order valence-corrected chi connectivity index (χ1v) is 10.1. The molecule has 0 radical (unpaired) electrons. The minimum Gasteiger partial charge on any atom is -0.484 e. The van der Waals surface area contributed by atoms with Gasteiger partial charge in [0.05, 0.1) is 6.54 Å². The monoisotopic (exact) mass is 541 g/mol. The van der Waals surface area contributed by atoms with Crippen molar-refractivity contribution >= 4 is 41.5 Å². The van der Waals surface area contributed by atoms with Gasteiger partial charge in [0, 0.05) is 38.4 Å². The minimum atomic E-state index is -0.229. The van der Waals surface area contributed by atoms with Crippen molar-refractivity contribution in [2.45, 2.75) is 13.5 Å². The fourth-order valence-electron chi connectivity index (χ4n) is 3.25. The van der Waals surface area contributed by atoms with Crippen LogP contribution in [0, 0.1) is 5.82 Å². The van der Waals surface area contributed by atoms with Gasteiger partial charge in [-0.15, -0.1) is 24.0 Å². The lowest BCUT2D eigenvalue weighted by Crippen LogP contribution is -2.51. The summed E-state index contributed by atoms with van der Waals surface area (Å²) in [5, 5.41) is 2.69. The van der Waals surface area contributed by atoms with Gasteiger partial charge in [-0.2, -0.15) is 0 Å². The van der Waals surface area contributed by atoms with Crippen molar-refractivity contribution in [1.82, 2.24) is 10.2 Å². The van der Waals surface area contributed by atoms with Crippen molar-refractivity contribution in [3.63, 3.8) is 0 Å². The molecule has 9 heteroatoms. The number of benzene rings is 2. The third-order valence-electron chi connectivity index (χ3n) is 4.86. The minimum absolute atomic E-state index is 0. The first-order chi connectivity index (χ1) is 14.5. The summed E-state index contributed by atoms with van der Waals surface area (Å²) in [6.45, 7) is 5.96. The van der Waals surface area contributed by atoms with Gasteiger partial charge in [0.1, 0.15) is 11.6 Å². The van der Waals surface area contributed by atoms with E-state index in [0.717, 1.165) is 37.4 Å². The summed E-state index contributed by atoms with van der Waals surface area (Å²) in [6.07, 6.45) is 0. The molecule has 0 aromatic heterocycles. The highest BCUT2D eigenvalue weighted by molar-refractivity contribution is 14.0. The number of piperazine rings is 1. The van der Waals surface area contributed by atoms with Crippen LogP contribution in [0.25, 0.3) is 0 Å². The molecule has 0 saturated carbocycles. The Morgan fingerprint density at radius 1 is 1.16 bits per heavy atom. The van der Waals surface area contributed by atoms with E-state index in [1.807, 2.05) is 31.2 Å². The average Bonchev–Trinajstić information content (AvgIpc) is 2.77. The lowest BCUT2D eigenvalue weighted by Gasteiger charge is -2.36. The zero-order chi connectivity index (χ0) is 21.3. The normalized spacial score (nSPS) is 14.1. The molecule has 0 unspecified atom stereocenters. The second kappa shape index (κ2) is 12.3. The van der Waals surface area contributed by atoms with Crippen LogP contribution in [0.2, 0.25) is 0 Å². The van der Waals surface area contributed by atoms with Gasteiger partial charge < -0.3 is 25.6 Å². The van der Waals surface area contributed by atoms with E-state index in [2.05, 4.69) is 20.1 Å². The Morgan fingerprint density at radius 3 is 2.55 bits per heavy atom. The van der Waals surface area contributed by atoms with E-state index >= 15 is 0 Å². The van der Waals surface area contributed by atoms with Crippen molar-refractivity contribution < 1.29 is 13.9 Å². The number of nitrogens with zero attached hydrogens (tertiary/aromatic N) is 3. The van der Waals surface area contributed by atoms with Crippen LogP contribution < -0.4 is 20.7 Å². The molecule has 3 N–H and O–H groups in total. The summed E-state index contributed by atoms with van der Waals surface area (Å²) in [5.41, 5.74) is 8.16. The highest BCUT2D eigenvalue weighted by Crippen LogP contribution is 2.17. The van der Waals surface area contributed by atoms with Crippen LogP contribution >= 0.6 is 24.0 Å². The van der Waals surface area contributed by atoms with Crippen molar-refractivity contribution in [3.8, 4) is 5.75 Å². The number of amides is 1. The summed E-state index contributed by atoms with van der Waals surface area (Å²) < 4.78 is 18.6. The number of nitrogens with two attached hydrogens (primary N) is 1. The van der Waals surface area contributed by atoms with Crippen molar-refractivity contribution in [2.75, 3.05) is 44.2 Å². The van der Waals surface area contributed by atoms with E-state index in [1.54, 1.807) is 12.1 Å². The molecule has 1 heterocycles. The molecule has 0 aliphatic carbocycles. The Balaban J connectivity index is 0.00000341. The van der Waals surface area contributed by atoms with Gasteiger partial charge in [-0.1, -0.05) is 12.1 Å². The van der Waals surface area contributed by atoms with E-state index in [9.17, 15) is 9.18 Å². The lowest BCUT2D eigenvalue weighted by atomic mass is 10.2. The number of carbonyl (C=O) groups excluding carboxylic acids is 1. The summed E-state index contributed by atoms with van der Waals surface area (Å²) >= 11 is 0. The molecule has 2 aromatic rings. The van der Waals surface area contributed by atoms with E-state index in [-0.39, 0.29) is 42.3 Å². The van der Waals surface area contributed by atoms with Crippen molar-refractivity contribution in [2.24, 2.45) is 10.7 Å². The summed E-state index contributed by atoms with van der Waals surface area (Å²) in [4.78, 5) is 20.3. The molecular weight excluding hydrogens is 512 g/mol. The van der Waals surface area contributed by atoms with E-state index in [1.165, 1.54) is 12.1 Å². The van der Waals surface area contributed by atoms with E-state index < -0.39 is 0 Å². The van der Waals surface area contributed by atoms with Gasteiger partial charge in [0.15, 0.2) is 12.6 Å². The number of aliphatic imine (C=N–C) groups is 1. The zero-order valence-corrected chi connectivity index (χ0v) is 19.9. The maximum Gasteiger partial charge on any atom is 0.257 e. The van der Waals surface area contributed by atoms with E-state index in [0.29, 0.717) is 24.8 Å². The van der Waals surface area contributed by atoms with Crippen LogP contribution in [0.4, 0.5) is 10.1 Å². The number of anilines is 1. The maximum atomic E-state index is 13.1. The fourth-order valence-corrected chi connectivity index (χ4v) is 3.25. The van der Waals surface area contributed by atoms with Gasteiger partial charge in [0.25, 0.3) is 5.91 Å². The Kier molecular flexibility index (Phi) is 9.83. The molecule has 1 fully saturated rings.